The van der Waals surface area contributed by atoms with Crippen LogP contribution < -0.4 is 0 Å². The molecule has 1 aliphatic rings. The predicted octanol–water partition coefficient (Wildman–Crippen LogP) is 2.78. The molecular formula is C10H13NOS2. The van der Waals surface area contributed by atoms with Crippen LogP contribution in [0.25, 0.3) is 0 Å². The van der Waals surface area contributed by atoms with Gasteiger partial charge in [-0.15, -0.1) is 11.3 Å². The van der Waals surface area contributed by atoms with Crippen molar-refractivity contribution in [2.75, 3.05) is 5.75 Å². The summed E-state index contributed by atoms with van der Waals surface area (Å²) in [5, 5.41) is 1.86. The third-order valence-electron chi connectivity index (χ3n) is 2.33. The first kappa shape index (κ1) is 10.2. The zero-order valence-corrected chi connectivity index (χ0v) is 9.79. The molecular weight excluding hydrogens is 214 g/mol. The molecule has 0 N–H and O–H groups in total. The number of carbonyl (C=O) groups is 1. The van der Waals surface area contributed by atoms with E-state index in [9.17, 15) is 4.79 Å². The number of Topliss-reactive ketones (excluding diaryl/α,β-unsaturated/α-hetero) is 1. The van der Waals surface area contributed by atoms with E-state index in [1.165, 1.54) is 18.6 Å². The van der Waals surface area contributed by atoms with Crippen molar-refractivity contribution < 1.29 is 4.79 Å². The first-order valence-corrected chi connectivity index (χ1v) is 6.69. The highest BCUT2D eigenvalue weighted by Gasteiger charge is 2.17. The van der Waals surface area contributed by atoms with E-state index in [0.717, 1.165) is 21.6 Å². The second kappa shape index (κ2) is 4.45. The van der Waals surface area contributed by atoms with Gasteiger partial charge < -0.3 is 0 Å². The smallest absolute Gasteiger partial charge is 0.171 e. The van der Waals surface area contributed by atoms with Gasteiger partial charge in [0.05, 0.1) is 9.88 Å². The zero-order chi connectivity index (χ0) is 9.97. The number of nitrogens with zero attached hydrogens (tertiary/aromatic N) is 1. The van der Waals surface area contributed by atoms with Crippen molar-refractivity contribution in [3.63, 3.8) is 0 Å². The minimum absolute atomic E-state index is 0.132. The zero-order valence-electron chi connectivity index (χ0n) is 8.16. The molecule has 0 radical (unpaired) electrons. The Morgan fingerprint density at radius 2 is 2.57 bits per heavy atom. The molecule has 1 unspecified atom stereocenters. The van der Waals surface area contributed by atoms with Gasteiger partial charge >= 0.3 is 0 Å². The van der Waals surface area contributed by atoms with E-state index in [0.29, 0.717) is 0 Å². The molecule has 1 aromatic rings. The lowest BCUT2D eigenvalue weighted by atomic mass is 10.2. The Bertz CT molecular complexity index is 329. The molecule has 1 aromatic heterocycles. The second-order valence-electron chi connectivity index (χ2n) is 3.51. The van der Waals surface area contributed by atoms with Crippen molar-refractivity contribution >= 4 is 28.9 Å². The Morgan fingerprint density at radius 3 is 3.14 bits per heavy atom. The number of ketones is 1. The van der Waals surface area contributed by atoms with Crippen LogP contribution in [0.5, 0.6) is 0 Å². The fourth-order valence-corrected chi connectivity index (χ4v) is 3.84. The highest BCUT2D eigenvalue weighted by atomic mass is 32.2. The normalized spacial score (nSPS) is 21.4. The van der Waals surface area contributed by atoms with Crippen LogP contribution in [-0.2, 0) is 6.42 Å². The minimum Gasteiger partial charge on any atom is -0.294 e. The summed E-state index contributed by atoms with van der Waals surface area (Å²) in [4.78, 5) is 16.1. The molecule has 0 bridgehead atoms. The first-order chi connectivity index (χ1) is 6.75. The van der Waals surface area contributed by atoms with Crippen LogP contribution in [0.15, 0.2) is 6.20 Å². The lowest BCUT2D eigenvalue weighted by molar-refractivity contribution is 0.102. The summed E-state index contributed by atoms with van der Waals surface area (Å²) in [6.45, 7) is 1.60. The molecule has 4 heteroatoms. The summed E-state index contributed by atoms with van der Waals surface area (Å²) in [7, 11) is 0. The predicted molar refractivity (Wildman–Crippen MR) is 61.3 cm³/mol. The van der Waals surface area contributed by atoms with Crippen molar-refractivity contribution in [1.82, 2.24) is 4.98 Å². The molecule has 1 aliphatic heterocycles. The standard InChI is InChI=1S/C10H13NOS2/c1-7(12)9-6-11-10(14-9)5-8-3-2-4-13-8/h6,8H,2-5H2,1H3. The molecule has 2 rings (SSSR count). The fraction of sp³-hybridized carbons (Fsp3) is 0.600. The average Bonchev–Trinajstić information content (AvgIpc) is 2.75. The summed E-state index contributed by atoms with van der Waals surface area (Å²) in [5.74, 6) is 1.42. The maximum absolute atomic E-state index is 11.1. The van der Waals surface area contributed by atoms with Crippen LogP contribution in [0.1, 0.15) is 34.4 Å². The molecule has 76 valence electrons. The molecule has 2 nitrogen and oxygen atoms in total. The van der Waals surface area contributed by atoms with Crippen LogP contribution >= 0.6 is 23.1 Å². The quantitative estimate of drug-likeness (QED) is 0.744. The topological polar surface area (TPSA) is 30.0 Å². The van der Waals surface area contributed by atoms with Gasteiger partial charge in [-0.25, -0.2) is 4.98 Å². The van der Waals surface area contributed by atoms with Crippen molar-refractivity contribution in [2.24, 2.45) is 0 Å². The van der Waals surface area contributed by atoms with Crippen molar-refractivity contribution in [2.45, 2.75) is 31.4 Å². The monoisotopic (exact) mass is 227 g/mol. The molecule has 0 saturated carbocycles. The lowest BCUT2D eigenvalue weighted by Crippen LogP contribution is -2.00. The van der Waals surface area contributed by atoms with Crippen LogP contribution in [0.2, 0.25) is 0 Å². The van der Waals surface area contributed by atoms with Gasteiger partial charge in [0, 0.05) is 24.8 Å². The number of hydrogen-bond donors (Lipinski definition) is 0. The van der Waals surface area contributed by atoms with E-state index in [1.54, 1.807) is 24.5 Å². The summed E-state index contributed by atoms with van der Waals surface area (Å²) >= 11 is 3.59. The van der Waals surface area contributed by atoms with Crippen LogP contribution in [0.4, 0.5) is 0 Å². The van der Waals surface area contributed by atoms with Gasteiger partial charge in [-0.3, -0.25) is 4.79 Å². The molecule has 0 aliphatic carbocycles. The van der Waals surface area contributed by atoms with Gasteiger partial charge in [-0.05, 0) is 18.6 Å². The molecule has 1 fully saturated rings. The van der Waals surface area contributed by atoms with Crippen molar-refractivity contribution in [3.8, 4) is 0 Å². The Labute approximate surface area is 92.1 Å². The number of thioether (sulfide) groups is 1. The number of hydrogen-bond acceptors (Lipinski definition) is 4. The fourth-order valence-electron chi connectivity index (χ4n) is 1.57. The van der Waals surface area contributed by atoms with Gasteiger partial charge in [0.2, 0.25) is 0 Å². The molecule has 0 spiro atoms. The van der Waals surface area contributed by atoms with Crippen molar-refractivity contribution in [3.05, 3.63) is 16.1 Å². The van der Waals surface area contributed by atoms with Gasteiger partial charge in [-0.2, -0.15) is 11.8 Å². The van der Waals surface area contributed by atoms with E-state index >= 15 is 0 Å². The Balaban J connectivity index is 1.98. The van der Waals surface area contributed by atoms with Gasteiger partial charge in [0.15, 0.2) is 5.78 Å². The van der Waals surface area contributed by atoms with E-state index in [4.69, 9.17) is 0 Å². The second-order valence-corrected chi connectivity index (χ2v) is 6.04. The molecule has 0 amide bonds. The summed E-state index contributed by atoms with van der Waals surface area (Å²) in [5.41, 5.74) is 0. The van der Waals surface area contributed by atoms with E-state index < -0.39 is 0 Å². The highest BCUT2D eigenvalue weighted by Crippen LogP contribution is 2.30. The van der Waals surface area contributed by atoms with Crippen LogP contribution in [0.3, 0.4) is 0 Å². The SMILES string of the molecule is CC(=O)c1cnc(CC2CCCS2)s1. The number of carbonyl (C=O) groups excluding carboxylic acids is 1. The summed E-state index contributed by atoms with van der Waals surface area (Å²) < 4.78 is 0. The van der Waals surface area contributed by atoms with E-state index in [1.807, 2.05) is 11.8 Å². The van der Waals surface area contributed by atoms with E-state index in [-0.39, 0.29) is 5.78 Å². The Morgan fingerprint density at radius 1 is 1.71 bits per heavy atom. The number of aromatic nitrogens is 1. The maximum Gasteiger partial charge on any atom is 0.171 e. The number of thiazole rings is 1. The largest absolute Gasteiger partial charge is 0.294 e. The lowest BCUT2D eigenvalue weighted by Gasteiger charge is -2.03. The summed E-state index contributed by atoms with van der Waals surface area (Å²) in [6.07, 6.45) is 5.39. The first-order valence-electron chi connectivity index (χ1n) is 4.83. The molecule has 0 aromatic carbocycles. The van der Waals surface area contributed by atoms with Gasteiger partial charge in [0.25, 0.3) is 0 Å². The van der Waals surface area contributed by atoms with Gasteiger partial charge in [-0.1, -0.05) is 0 Å². The Hall–Kier alpha value is -0.350. The van der Waals surface area contributed by atoms with E-state index in [2.05, 4.69) is 4.98 Å². The third kappa shape index (κ3) is 2.36. The average molecular weight is 227 g/mol. The van der Waals surface area contributed by atoms with Crippen LogP contribution in [-0.4, -0.2) is 21.8 Å². The minimum atomic E-state index is 0.132. The van der Waals surface area contributed by atoms with Crippen molar-refractivity contribution in [1.29, 1.82) is 0 Å². The van der Waals surface area contributed by atoms with Crippen LogP contribution in [0, 0.1) is 0 Å². The maximum atomic E-state index is 11.1. The molecule has 1 saturated heterocycles. The Kier molecular flexibility index (Phi) is 3.23. The summed E-state index contributed by atoms with van der Waals surface area (Å²) in [6, 6.07) is 0. The molecule has 1 atom stereocenters. The molecule has 2 heterocycles. The third-order valence-corrected chi connectivity index (χ3v) is 4.85. The van der Waals surface area contributed by atoms with Gasteiger partial charge in [0.1, 0.15) is 0 Å². The number of rotatable bonds is 3. The molecule has 14 heavy (non-hydrogen) atoms. The highest BCUT2D eigenvalue weighted by molar-refractivity contribution is 8.00.